The average molecular weight is 291 g/mol. The van der Waals surface area contributed by atoms with Crippen molar-refractivity contribution >= 4 is 17.3 Å². The fourth-order valence-electron chi connectivity index (χ4n) is 2.73. The van der Waals surface area contributed by atoms with E-state index in [9.17, 15) is 0 Å². The van der Waals surface area contributed by atoms with E-state index < -0.39 is 0 Å². The Labute approximate surface area is 124 Å². The topological polar surface area (TPSA) is 33.1 Å². The van der Waals surface area contributed by atoms with Crippen molar-refractivity contribution in [3.05, 3.63) is 46.2 Å². The van der Waals surface area contributed by atoms with Crippen LogP contribution in [0.1, 0.15) is 16.8 Å². The van der Waals surface area contributed by atoms with Crippen LogP contribution in [0.15, 0.2) is 24.3 Å². The molecule has 0 saturated carbocycles. The van der Waals surface area contributed by atoms with Crippen molar-refractivity contribution in [1.29, 1.82) is 0 Å². The first-order valence-electron chi connectivity index (χ1n) is 6.88. The number of halogens is 1. The summed E-state index contributed by atoms with van der Waals surface area (Å²) in [6, 6.07) is 8.54. The molecule has 1 aromatic heterocycles. The van der Waals surface area contributed by atoms with Crippen LogP contribution in [-0.4, -0.2) is 22.9 Å². The summed E-state index contributed by atoms with van der Waals surface area (Å²) in [6.45, 7) is 5.69. The molecule has 4 nitrogen and oxygen atoms in total. The van der Waals surface area contributed by atoms with Gasteiger partial charge in [0.15, 0.2) is 0 Å². The molecular formula is C15H19ClN4. The van der Waals surface area contributed by atoms with Gasteiger partial charge in [-0.3, -0.25) is 4.68 Å². The van der Waals surface area contributed by atoms with Crippen molar-refractivity contribution < 1.29 is 0 Å². The van der Waals surface area contributed by atoms with Crippen LogP contribution in [0.3, 0.4) is 0 Å². The second-order valence-corrected chi connectivity index (χ2v) is 5.56. The number of aromatic nitrogens is 2. The molecule has 2 aromatic rings. The Morgan fingerprint density at radius 2 is 2.15 bits per heavy atom. The molecule has 1 aliphatic heterocycles. The zero-order valence-electron chi connectivity index (χ0n) is 11.9. The van der Waals surface area contributed by atoms with Crippen LogP contribution in [0.5, 0.6) is 0 Å². The van der Waals surface area contributed by atoms with Gasteiger partial charge in [-0.25, -0.2) is 0 Å². The minimum absolute atomic E-state index is 0.734. The molecule has 0 aliphatic carbocycles. The van der Waals surface area contributed by atoms with Gasteiger partial charge >= 0.3 is 0 Å². The Hall–Kier alpha value is -1.52. The molecule has 20 heavy (non-hydrogen) atoms. The number of benzene rings is 1. The Bertz CT molecular complexity index is 620. The SMILES string of the molecule is Cc1nn(C)c(Cl)c1CN1CCNCc2ccccc21. The molecular weight excluding hydrogens is 272 g/mol. The third-order valence-electron chi connectivity index (χ3n) is 3.83. The van der Waals surface area contributed by atoms with E-state index >= 15 is 0 Å². The van der Waals surface area contributed by atoms with Gasteiger partial charge in [0.1, 0.15) is 5.15 Å². The van der Waals surface area contributed by atoms with Gasteiger partial charge in [0.25, 0.3) is 0 Å². The standard InChI is InChI=1S/C15H19ClN4/c1-11-13(15(16)19(2)18-11)10-20-8-7-17-9-12-5-3-4-6-14(12)20/h3-6,17H,7-10H2,1-2H3. The Balaban J connectivity index is 1.94. The van der Waals surface area contributed by atoms with Gasteiger partial charge in [0.05, 0.1) is 5.69 Å². The van der Waals surface area contributed by atoms with Crippen LogP contribution in [0.4, 0.5) is 5.69 Å². The first-order valence-corrected chi connectivity index (χ1v) is 7.26. The van der Waals surface area contributed by atoms with E-state index in [1.165, 1.54) is 11.3 Å². The molecule has 0 unspecified atom stereocenters. The van der Waals surface area contributed by atoms with Gasteiger partial charge < -0.3 is 10.2 Å². The summed E-state index contributed by atoms with van der Waals surface area (Å²) in [5, 5.41) is 8.59. The number of nitrogens with zero attached hydrogens (tertiary/aromatic N) is 3. The minimum Gasteiger partial charge on any atom is -0.365 e. The molecule has 0 fully saturated rings. The highest BCUT2D eigenvalue weighted by Crippen LogP contribution is 2.27. The summed E-state index contributed by atoms with van der Waals surface area (Å²) in [5.41, 5.74) is 4.75. The highest BCUT2D eigenvalue weighted by molar-refractivity contribution is 6.30. The predicted molar refractivity (Wildman–Crippen MR) is 82.2 cm³/mol. The first kappa shape index (κ1) is 13.5. The Kier molecular flexibility index (Phi) is 3.68. The molecule has 106 valence electrons. The fourth-order valence-corrected chi connectivity index (χ4v) is 2.97. The molecule has 2 heterocycles. The summed E-state index contributed by atoms with van der Waals surface area (Å²) in [4.78, 5) is 2.38. The second-order valence-electron chi connectivity index (χ2n) is 5.21. The maximum Gasteiger partial charge on any atom is 0.131 e. The van der Waals surface area contributed by atoms with Crippen molar-refractivity contribution in [1.82, 2.24) is 15.1 Å². The largest absolute Gasteiger partial charge is 0.365 e. The zero-order valence-corrected chi connectivity index (χ0v) is 12.6. The van der Waals surface area contributed by atoms with E-state index in [-0.39, 0.29) is 0 Å². The molecule has 0 amide bonds. The summed E-state index contributed by atoms with van der Waals surface area (Å²) >= 11 is 6.36. The van der Waals surface area contributed by atoms with Gasteiger partial charge in [0, 0.05) is 44.5 Å². The lowest BCUT2D eigenvalue weighted by molar-refractivity contribution is 0.687. The molecule has 0 atom stereocenters. The van der Waals surface area contributed by atoms with E-state index in [0.717, 1.165) is 42.6 Å². The number of aryl methyl sites for hydroxylation is 2. The summed E-state index contributed by atoms with van der Waals surface area (Å²) < 4.78 is 1.74. The number of nitrogens with one attached hydrogen (secondary N) is 1. The summed E-state index contributed by atoms with van der Waals surface area (Å²) in [6.07, 6.45) is 0. The predicted octanol–water partition coefficient (Wildman–Crippen LogP) is 2.49. The van der Waals surface area contributed by atoms with Crippen molar-refractivity contribution in [2.75, 3.05) is 18.0 Å². The van der Waals surface area contributed by atoms with Crippen LogP contribution in [-0.2, 0) is 20.1 Å². The third kappa shape index (κ3) is 2.41. The zero-order chi connectivity index (χ0) is 14.1. The van der Waals surface area contributed by atoms with Crippen molar-refractivity contribution in [3.63, 3.8) is 0 Å². The van der Waals surface area contributed by atoms with Crippen molar-refractivity contribution in [3.8, 4) is 0 Å². The number of hydrogen-bond acceptors (Lipinski definition) is 3. The third-order valence-corrected chi connectivity index (χ3v) is 4.30. The van der Waals surface area contributed by atoms with Gasteiger partial charge in [-0.2, -0.15) is 5.10 Å². The Morgan fingerprint density at radius 3 is 2.90 bits per heavy atom. The molecule has 3 rings (SSSR count). The molecule has 5 heteroatoms. The smallest absolute Gasteiger partial charge is 0.131 e. The van der Waals surface area contributed by atoms with Crippen LogP contribution >= 0.6 is 11.6 Å². The van der Waals surface area contributed by atoms with E-state index in [2.05, 4.69) is 39.6 Å². The van der Waals surface area contributed by atoms with Crippen LogP contribution in [0, 0.1) is 6.92 Å². The maximum absolute atomic E-state index is 6.36. The molecule has 0 saturated heterocycles. The van der Waals surface area contributed by atoms with Crippen molar-refractivity contribution in [2.45, 2.75) is 20.0 Å². The molecule has 0 bridgehead atoms. The number of fused-ring (bicyclic) bond motifs is 1. The Morgan fingerprint density at radius 1 is 1.35 bits per heavy atom. The van der Waals surface area contributed by atoms with Crippen LogP contribution in [0.2, 0.25) is 5.15 Å². The first-order chi connectivity index (χ1) is 9.66. The fraction of sp³-hybridized carbons (Fsp3) is 0.400. The molecule has 1 aromatic carbocycles. The minimum atomic E-state index is 0.734. The monoisotopic (exact) mass is 290 g/mol. The highest BCUT2D eigenvalue weighted by atomic mass is 35.5. The summed E-state index contributed by atoms with van der Waals surface area (Å²) in [7, 11) is 1.89. The maximum atomic E-state index is 6.36. The van der Waals surface area contributed by atoms with E-state index in [1.807, 2.05) is 14.0 Å². The highest BCUT2D eigenvalue weighted by Gasteiger charge is 2.19. The quantitative estimate of drug-likeness (QED) is 0.922. The number of rotatable bonds is 2. The molecule has 0 radical (unpaired) electrons. The van der Waals surface area contributed by atoms with Crippen LogP contribution < -0.4 is 10.2 Å². The summed E-state index contributed by atoms with van der Waals surface area (Å²) in [5.74, 6) is 0. The van der Waals surface area contributed by atoms with Crippen molar-refractivity contribution in [2.24, 2.45) is 7.05 Å². The molecule has 1 N–H and O–H groups in total. The molecule has 0 spiro atoms. The number of anilines is 1. The lowest BCUT2D eigenvalue weighted by Crippen LogP contribution is -2.28. The lowest BCUT2D eigenvalue weighted by Gasteiger charge is -2.24. The van der Waals surface area contributed by atoms with E-state index in [1.54, 1.807) is 4.68 Å². The lowest BCUT2D eigenvalue weighted by atomic mass is 10.1. The van der Waals surface area contributed by atoms with Gasteiger partial charge in [0.2, 0.25) is 0 Å². The normalized spacial score (nSPS) is 15.1. The average Bonchev–Trinajstić information content (AvgIpc) is 2.63. The second kappa shape index (κ2) is 5.46. The van der Waals surface area contributed by atoms with Gasteiger partial charge in [-0.15, -0.1) is 0 Å². The number of para-hydroxylation sites is 1. The number of hydrogen-bond donors (Lipinski definition) is 1. The van der Waals surface area contributed by atoms with E-state index in [4.69, 9.17) is 11.6 Å². The molecule has 1 aliphatic rings. The van der Waals surface area contributed by atoms with Gasteiger partial charge in [-0.05, 0) is 18.6 Å². The van der Waals surface area contributed by atoms with Crippen LogP contribution in [0.25, 0.3) is 0 Å². The van der Waals surface area contributed by atoms with Gasteiger partial charge in [-0.1, -0.05) is 29.8 Å². The van der Waals surface area contributed by atoms with E-state index in [0.29, 0.717) is 0 Å².